The van der Waals surface area contributed by atoms with E-state index in [2.05, 4.69) is 15.8 Å². The van der Waals surface area contributed by atoms with Crippen LogP contribution in [0.25, 0.3) is 0 Å². The molecular formula is C28H26ClN3O6S. The first-order chi connectivity index (χ1) is 18.8. The number of hydrazone groups is 1. The summed E-state index contributed by atoms with van der Waals surface area (Å²) in [4.78, 5) is 51.5. The van der Waals surface area contributed by atoms with Gasteiger partial charge >= 0.3 is 23.8 Å². The highest BCUT2D eigenvalue weighted by atomic mass is 35.5. The fourth-order valence-electron chi connectivity index (χ4n) is 4.11. The lowest BCUT2D eigenvalue weighted by molar-refractivity contribution is -0.136. The van der Waals surface area contributed by atoms with Crippen molar-refractivity contribution in [2.24, 2.45) is 5.10 Å². The van der Waals surface area contributed by atoms with E-state index >= 15 is 0 Å². The number of anilines is 1. The van der Waals surface area contributed by atoms with Gasteiger partial charge in [-0.15, -0.1) is 11.3 Å². The average molecular weight is 568 g/mol. The van der Waals surface area contributed by atoms with Crippen LogP contribution in [-0.2, 0) is 27.2 Å². The Bertz CT molecular complexity index is 1470. The van der Waals surface area contributed by atoms with Crippen LogP contribution in [0, 0.1) is 0 Å². The lowest BCUT2D eigenvalue weighted by atomic mass is 9.95. The van der Waals surface area contributed by atoms with Gasteiger partial charge in [-0.3, -0.25) is 9.59 Å². The fourth-order valence-corrected chi connectivity index (χ4v) is 5.57. The number of amides is 2. The topological polar surface area (TPSA) is 123 Å². The Morgan fingerprint density at radius 2 is 1.77 bits per heavy atom. The van der Waals surface area contributed by atoms with E-state index in [1.807, 2.05) is 0 Å². The number of esters is 2. The minimum absolute atomic E-state index is 0.196. The van der Waals surface area contributed by atoms with Crippen molar-refractivity contribution in [3.05, 3.63) is 80.7 Å². The van der Waals surface area contributed by atoms with E-state index in [0.29, 0.717) is 33.3 Å². The summed E-state index contributed by atoms with van der Waals surface area (Å²) in [5.74, 6) is -2.92. The molecule has 0 radical (unpaired) electrons. The molecule has 0 spiro atoms. The quantitative estimate of drug-likeness (QED) is 0.134. The molecular weight excluding hydrogens is 542 g/mol. The molecule has 1 aliphatic carbocycles. The van der Waals surface area contributed by atoms with Crippen molar-refractivity contribution in [2.75, 3.05) is 11.9 Å². The molecule has 1 heterocycles. The molecule has 0 aliphatic heterocycles. The second kappa shape index (κ2) is 12.7. The first-order valence-corrected chi connectivity index (χ1v) is 13.5. The second-order valence-corrected chi connectivity index (χ2v) is 10.2. The summed E-state index contributed by atoms with van der Waals surface area (Å²) in [5.41, 5.74) is 4.41. The van der Waals surface area contributed by atoms with Gasteiger partial charge < -0.3 is 14.8 Å². The van der Waals surface area contributed by atoms with Crippen LogP contribution in [0.15, 0.2) is 53.6 Å². The number of thiophene rings is 1. The predicted octanol–water partition coefficient (Wildman–Crippen LogP) is 5.16. The maximum atomic E-state index is 12.7. The molecule has 4 rings (SSSR count). The number of carbonyl (C=O) groups excluding carboxylic acids is 4. The number of rotatable bonds is 7. The molecule has 202 valence electrons. The van der Waals surface area contributed by atoms with Crippen molar-refractivity contribution < 1.29 is 28.7 Å². The summed E-state index contributed by atoms with van der Waals surface area (Å²) in [6.45, 7) is 3.50. The Balaban J connectivity index is 1.46. The number of aryl methyl sites for hydroxylation is 1. The van der Waals surface area contributed by atoms with Gasteiger partial charge in [0.25, 0.3) is 0 Å². The Hall–Kier alpha value is -4.02. The molecule has 2 aromatic carbocycles. The Morgan fingerprint density at radius 3 is 2.54 bits per heavy atom. The number of carbonyl (C=O) groups is 4. The lowest BCUT2D eigenvalue weighted by Crippen LogP contribution is -2.33. The van der Waals surface area contributed by atoms with Crippen molar-refractivity contribution in [3.8, 4) is 5.75 Å². The zero-order valence-electron chi connectivity index (χ0n) is 21.3. The Labute approximate surface area is 234 Å². The smallest absolute Gasteiger partial charge is 0.343 e. The van der Waals surface area contributed by atoms with Gasteiger partial charge in [0.2, 0.25) is 0 Å². The van der Waals surface area contributed by atoms with E-state index in [9.17, 15) is 19.2 Å². The van der Waals surface area contributed by atoms with Gasteiger partial charge in [0, 0.05) is 15.5 Å². The van der Waals surface area contributed by atoms with Crippen molar-refractivity contribution >= 4 is 57.4 Å². The fraction of sp³-hybridized carbons (Fsp3) is 0.250. The zero-order chi connectivity index (χ0) is 27.9. The lowest BCUT2D eigenvalue weighted by Gasteiger charge is -2.12. The third-order valence-corrected chi connectivity index (χ3v) is 7.39. The van der Waals surface area contributed by atoms with Crippen LogP contribution in [0.5, 0.6) is 5.75 Å². The highest BCUT2D eigenvalue weighted by molar-refractivity contribution is 7.17. The van der Waals surface area contributed by atoms with Gasteiger partial charge in [-0.2, -0.15) is 5.10 Å². The number of fused-ring (bicyclic) bond motifs is 1. The van der Waals surface area contributed by atoms with Crippen LogP contribution in [0.4, 0.5) is 5.00 Å². The number of nitrogens with zero attached hydrogens (tertiary/aromatic N) is 1. The molecule has 39 heavy (non-hydrogen) atoms. The number of halogens is 1. The third-order valence-electron chi connectivity index (χ3n) is 5.95. The molecule has 0 atom stereocenters. The first kappa shape index (κ1) is 28.0. The number of hydrogen-bond acceptors (Lipinski definition) is 8. The van der Waals surface area contributed by atoms with Crippen molar-refractivity contribution in [1.29, 1.82) is 0 Å². The number of ether oxygens (including phenoxy) is 2. The van der Waals surface area contributed by atoms with Crippen LogP contribution in [0.2, 0.25) is 5.02 Å². The average Bonchev–Trinajstić information content (AvgIpc) is 3.29. The number of para-hydroxylation sites is 1. The predicted molar refractivity (Wildman–Crippen MR) is 149 cm³/mol. The van der Waals surface area contributed by atoms with E-state index < -0.39 is 23.8 Å². The SMILES string of the molecule is CCOC(=O)c1c(NC(=O)C(=O)NN=C(C)c2ccccc2OC(=O)c2cccc(Cl)c2)sc2c1CCCC2. The Morgan fingerprint density at radius 1 is 1.00 bits per heavy atom. The summed E-state index contributed by atoms with van der Waals surface area (Å²) in [6.07, 6.45) is 3.45. The van der Waals surface area contributed by atoms with Crippen molar-refractivity contribution in [2.45, 2.75) is 39.5 Å². The zero-order valence-corrected chi connectivity index (χ0v) is 22.9. The Kier molecular flexibility index (Phi) is 9.11. The first-order valence-electron chi connectivity index (χ1n) is 12.3. The summed E-state index contributed by atoms with van der Waals surface area (Å²) in [6, 6.07) is 13.0. The molecule has 3 aromatic rings. The van der Waals surface area contributed by atoms with Gasteiger partial charge in [-0.05, 0) is 75.4 Å². The third kappa shape index (κ3) is 6.71. The molecule has 2 amide bonds. The van der Waals surface area contributed by atoms with Gasteiger partial charge in [-0.1, -0.05) is 29.8 Å². The highest BCUT2D eigenvalue weighted by Gasteiger charge is 2.28. The maximum Gasteiger partial charge on any atom is 0.343 e. The van der Waals surface area contributed by atoms with Gasteiger partial charge in [0.15, 0.2) is 0 Å². The van der Waals surface area contributed by atoms with Gasteiger partial charge in [0.1, 0.15) is 10.8 Å². The molecule has 1 aromatic heterocycles. The normalized spacial score (nSPS) is 12.7. The molecule has 0 saturated carbocycles. The van der Waals surface area contributed by atoms with Crippen LogP contribution >= 0.6 is 22.9 Å². The van der Waals surface area contributed by atoms with Crippen LogP contribution in [0.3, 0.4) is 0 Å². The standard InChI is InChI=1S/C28H26ClN3O6S/c1-3-37-28(36)23-20-12-5-7-14-22(20)39-26(23)30-24(33)25(34)32-31-16(2)19-11-4-6-13-21(19)38-27(35)17-9-8-10-18(29)15-17/h4,6,8-11,13,15H,3,5,7,12,14H2,1-2H3,(H,30,33)(H,32,34). The molecule has 11 heteroatoms. The molecule has 9 nitrogen and oxygen atoms in total. The van der Waals surface area contributed by atoms with Crippen molar-refractivity contribution in [3.63, 3.8) is 0 Å². The minimum atomic E-state index is -1.02. The highest BCUT2D eigenvalue weighted by Crippen LogP contribution is 2.38. The van der Waals surface area contributed by atoms with Crippen LogP contribution in [-0.4, -0.2) is 36.1 Å². The molecule has 0 bridgehead atoms. The molecule has 1 aliphatic rings. The number of nitrogens with one attached hydrogen (secondary N) is 2. The summed E-state index contributed by atoms with van der Waals surface area (Å²) >= 11 is 7.25. The van der Waals surface area contributed by atoms with E-state index in [1.54, 1.807) is 56.3 Å². The van der Waals surface area contributed by atoms with E-state index in [4.69, 9.17) is 21.1 Å². The maximum absolute atomic E-state index is 12.7. The van der Waals surface area contributed by atoms with Crippen LogP contribution in [0.1, 0.15) is 63.4 Å². The molecule has 0 saturated heterocycles. The summed E-state index contributed by atoms with van der Waals surface area (Å²) in [5, 5.41) is 7.26. The van der Waals surface area contributed by atoms with E-state index in [0.717, 1.165) is 29.7 Å². The molecule has 2 N–H and O–H groups in total. The number of hydrogen-bond donors (Lipinski definition) is 2. The monoisotopic (exact) mass is 567 g/mol. The molecule has 0 fully saturated rings. The molecule has 0 unspecified atom stereocenters. The number of benzene rings is 2. The largest absolute Gasteiger partial charge is 0.462 e. The van der Waals surface area contributed by atoms with Gasteiger partial charge in [-0.25, -0.2) is 15.0 Å². The van der Waals surface area contributed by atoms with E-state index in [-0.39, 0.29) is 17.9 Å². The minimum Gasteiger partial charge on any atom is -0.462 e. The second-order valence-electron chi connectivity index (χ2n) is 8.62. The van der Waals surface area contributed by atoms with E-state index in [1.165, 1.54) is 17.4 Å². The summed E-state index contributed by atoms with van der Waals surface area (Å²) in [7, 11) is 0. The van der Waals surface area contributed by atoms with Crippen molar-refractivity contribution in [1.82, 2.24) is 5.43 Å². The van der Waals surface area contributed by atoms with Gasteiger partial charge in [0.05, 0.1) is 23.4 Å². The summed E-state index contributed by atoms with van der Waals surface area (Å²) < 4.78 is 10.7. The van der Waals surface area contributed by atoms with Crippen LogP contribution < -0.4 is 15.5 Å².